The van der Waals surface area contributed by atoms with Gasteiger partial charge in [0.1, 0.15) is 0 Å². The van der Waals surface area contributed by atoms with Crippen LogP contribution in [0, 0.1) is 0 Å². The summed E-state index contributed by atoms with van der Waals surface area (Å²) in [5, 5.41) is 11.9. The molecular weight excluding hydrogens is 180 g/mol. The van der Waals surface area contributed by atoms with Crippen molar-refractivity contribution in [2.24, 2.45) is 0 Å². The van der Waals surface area contributed by atoms with Crippen molar-refractivity contribution in [1.29, 1.82) is 0 Å². The molecule has 2 rings (SSSR count). The van der Waals surface area contributed by atoms with Crippen LogP contribution in [0.3, 0.4) is 0 Å². The van der Waals surface area contributed by atoms with E-state index in [0.717, 1.165) is 25.2 Å². The van der Waals surface area contributed by atoms with Gasteiger partial charge in [0, 0.05) is 24.4 Å². The highest BCUT2D eigenvalue weighted by Gasteiger charge is 2.17. The third-order valence-corrected chi connectivity index (χ3v) is 2.51. The van der Waals surface area contributed by atoms with Gasteiger partial charge >= 0.3 is 5.97 Å². The van der Waals surface area contributed by atoms with E-state index in [9.17, 15) is 4.79 Å². The predicted octanol–water partition coefficient (Wildman–Crippen LogP) is 0.857. The first-order chi connectivity index (χ1) is 6.77. The van der Waals surface area contributed by atoms with Gasteiger partial charge in [-0.1, -0.05) is 0 Å². The van der Waals surface area contributed by atoms with Crippen LogP contribution in [-0.4, -0.2) is 29.1 Å². The summed E-state index contributed by atoms with van der Waals surface area (Å²) in [4.78, 5) is 14.7. The number of aromatic carboxylic acids is 1. The summed E-state index contributed by atoms with van der Waals surface area (Å²) in [7, 11) is 0. The topological polar surface area (TPSA) is 62.2 Å². The molecule has 0 aliphatic carbocycles. The lowest BCUT2D eigenvalue weighted by Gasteiger charge is -2.06. The number of carboxylic acids is 1. The van der Waals surface area contributed by atoms with E-state index in [2.05, 4.69) is 10.3 Å². The number of carbonyl (C=O) groups is 1. The molecule has 74 valence electrons. The quantitative estimate of drug-likeness (QED) is 0.729. The van der Waals surface area contributed by atoms with Gasteiger partial charge in [-0.05, 0) is 25.1 Å². The number of pyridine rings is 1. The summed E-state index contributed by atoms with van der Waals surface area (Å²) in [5.74, 6) is -0.480. The minimum Gasteiger partial charge on any atom is -0.478 e. The Morgan fingerprint density at radius 3 is 2.93 bits per heavy atom. The summed E-state index contributed by atoms with van der Waals surface area (Å²) < 4.78 is 0. The second-order valence-corrected chi connectivity index (χ2v) is 3.47. The second-order valence-electron chi connectivity index (χ2n) is 3.47. The van der Waals surface area contributed by atoms with Crippen LogP contribution in [0.25, 0.3) is 0 Å². The first kappa shape index (κ1) is 9.15. The van der Waals surface area contributed by atoms with Gasteiger partial charge < -0.3 is 10.4 Å². The van der Waals surface area contributed by atoms with Crippen LogP contribution in [0.15, 0.2) is 18.3 Å². The Hall–Kier alpha value is -1.42. The highest BCUT2D eigenvalue weighted by Crippen LogP contribution is 2.19. The number of hydrogen-bond acceptors (Lipinski definition) is 3. The van der Waals surface area contributed by atoms with Crippen molar-refractivity contribution in [2.75, 3.05) is 13.1 Å². The van der Waals surface area contributed by atoms with Gasteiger partial charge in [0.25, 0.3) is 0 Å². The fourth-order valence-electron chi connectivity index (χ4n) is 1.68. The number of aromatic nitrogens is 1. The Kier molecular flexibility index (Phi) is 2.45. The molecule has 1 atom stereocenters. The van der Waals surface area contributed by atoms with E-state index in [0.29, 0.717) is 5.92 Å². The normalized spacial score (nSPS) is 21.0. The molecule has 0 amide bonds. The minimum atomic E-state index is -0.923. The van der Waals surface area contributed by atoms with Crippen LogP contribution in [0.5, 0.6) is 0 Å². The lowest BCUT2D eigenvalue weighted by atomic mass is 10.0. The molecule has 2 N–H and O–H groups in total. The van der Waals surface area contributed by atoms with E-state index >= 15 is 0 Å². The van der Waals surface area contributed by atoms with Gasteiger partial charge in [0.05, 0.1) is 5.56 Å². The van der Waals surface area contributed by atoms with Crippen molar-refractivity contribution in [1.82, 2.24) is 10.3 Å². The van der Waals surface area contributed by atoms with Crippen molar-refractivity contribution >= 4 is 5.97 Å². The summed E-state index contributed by atoms with van der Waals surface area (Å²) >= 11 is 0. The van der Waals surface area contributed by atoms with Crippen LogP contribution in [-0.2, 0) is 0 Å². The number of rotatable bonds is 2. The fourth-order valence-corrected chi connectivity index (χ4v) is 1.68. The van der Waals surface area contributed by atoms with Crippen molar-refractivity contribution in [2.45, 2.75) is 12.3 Å². The highest BCUT2D eigenvalue weighted by molar-refractivity contribution is 5.87. The minimum absolute atomic E-state index is 0.250. The van der Waals surface area contributed by atoms with Crippen molar-refractivity contribution in [3.8, 4) is 0 Å². The maximum absolute atomic E-state index is 10.6. The van der Waals surface area contributed by atoms with E-state index in [1.54, 1.807) is 12.1 Å². The number of nitrogens with zero attached hydrogens (tertiary/aromatic N) is 1. The molecule has 2 heterocycles. The molecule has 0 aromatic carbocycles. The van der Waals surface area contributed by atoms with Gasteiger partial charge in [-0.2, -0.15) is 0 Å². The molecule has 0 unspecified atom stereocenters. The SMILES string of the molecule is O=C(O)c1ccc([C@H]2CCNC2)nc1. The first-order valence-electron chi connectivity index (χ1n) is 4.67. The third-order valence-electron chi connectivity index (χ3n) is 2.51. The summed E-state index contributed by atoms with van der Waals surface area (Å²) in [6.07, 6.45) is 2.51. The number of hydrogen-bond donors (Lipinski definition) is 2. The molecule has 1 aliphatic rings. The van der Waals surface area contributed by atoms with Gasteiger partial charge in [0.15, 0.2) is 0 Å². The fraction of sp³-hybridized carbons (Fsp3) is 0.400. The Balaban J connectivity index is 2.16. The van der Waals surface area contributed by atoms with Crippen molar-refractivity contribution < 1.29 is 9.90 Å². The maximum atomic E-state index is 10.6. The van der Waals surface area contributed by atoms with Crippen LogP contribution >= 0.6 is 0 Å². The molecule has 1 aromatic heterocycles. The van der Waals surface area contributed by atoms with E-state index in [-0.39, 0.29) is 5.56 Å². The van der Waals surface area contributed by atoms with E-state index in [1.165, 1.54) is 6.20 Å². The predicted molar refractivity (Wildman–Crippen MR) is 51.4 cm³/mol. The summed E-state index contributed by atoms with van der Waals surface area (Å²) in [6, 6.07) is 3.42. The molecule has 1 fully saturated rings. The molecule has 14 heavy (non-hydrogen) atoms. The zero-order chi connectivity index (χ0) is 9.97. The first-order valence-corrected chi connectivity index (χ1v) is 4.67. The van der Waals surface area contributed by atoms with Gasteiger partial charge in [-0.15, -0.1) is 0 Å². The molecule has 0 spiro atoms. The molecule has 4 nitrogen and oxygen atoms in total. The van der Waals surface area contributed by atoms with Crippen LogP contribution < -0.4 is 5.32 Å². The van der Waals surface area contributed by atoms with Crippen LogP contribution in [0.4, 0.5) is 0 Å². The number of carboxylic acid groups (broad SMARTS) is 1. The zero-order valence-corrected chi connectivity index (χ0v) is 7.73. The summed E-state index contributed by atoms with van der Waals surface area (Å²) in [5.41, 5.74) is 1.24. The monoisotopic (exact) mass is 192 g/mol. The van der Waals surface area contributed by atoms with E-state index in [4.69, 9.17) is 5.11 Å². The van der Waals surface area contributed by atoms with Crippen molar-refractivity contribution in [3.05, 3.63) is 29.6 Å². The molecular formula is C10H12N2O2. The Bertz CT molecular complexity index is 328. The third kappa shape index (κ3) is 1.75. The molecule has 0 radical (unpaired) electrons. The van der Waals surface area contributed by atoms with E-state index < -0.39 is 5.97 Å². The lowest BCUT2D eigenvalue weighted by Crippen LogP contribution is -2.09. The Labute approximate surface area is 82.0 Å². The highest BCUT2D eigenvalue weighted by atomic mass is 16.4. The average Bonchev–Trinajstić information content (AvgIpc) is 2.71. The maximum Gasteiger partial charge on any atom is 0.337 e. The summed E-state index contributed by atoms with van der Waals surface area (Å²) in [6.45, 7) is 1.96. The molecule has 0 bridgehead atoms. The van der Waals surface area contributed by atoms with E-state index in [1.807, 2.05) is 0 Å². The second kappa shape index (κ2) is 3.75. The molecule has 4 heteroatoms. The molecule has 1 aromatic rings. The molecule has 1 saturated heterocycles. The van der Waals surface area contributed by atoms with Crippen molar-refractivity contribution in [3.63, 3.8) is 0 Å². The van der Waals surface area contributed by atoms with Crippen LogP contribution in [0.2, 0.25) is 0 Å². The molecule has 1 aliphatic heterocycles. The van der Waals surface area contributed by atoms with Gasteiger partial charge in [-0.3, -0.25) is 4.98 Å². The standard InChI is InChI=1S/C10H12N2O2/c13-10(14)8-1-2-9(12-6-8)7-3-4-11-5-7/h1-2,6-7,11H,3-5H2,(H,13,14)/t7-/m0/s1. The Morgan fingerprint density at radius 1 is 1.57 bits per heavy atom. The number of nitrogens with one attached hydrogen (secondary N) is 1. The largest absolute Gasteiger partial charge is 0.478 e. The smallest absolute Gasteiger partial charge is 0.337 e. The zero-order valence-electron chi connectivity index (χ0n) is 7.73. The molecule has 0 saturated carbocycles. The Morgan fingerprint density at radius 2 is 2.43 bits per heavy atom. The lowest BCUT2D eigenvalue weighted by molar-refractivity contribution is 0.0696. The van der Waals surface area contributed by atoms with Gasteiger partial charge in [-0.25, -0.2) is 4.79 Å². The van der Waals surface area contributed by atoms with Gasteiger partial charge in [0.2, 0.25) is 0 Å². The average molecular weight is 192 g/mol. The van der Waals surface area contributed by atoms with Crippen LogP contribution in [0.1, 0.15) is 28.4 Å².